The highest BCUT2D eigenvalue weighted by atomic mass is 14.9. The minimum atomic E-state index is 1.10. The van der Waals surface area contributed by atoms with E-state index in [9.17, 15) is 0 Å². The van der Waals surface area contributed by atoms with Crippen molar-refractivity contribution in [2.24, 2.45) is 0 Å². The van der Waals surface area contributed by atoms with Gasteiger partial charge >= 0.3 is 0 Å². The predicted octanol–water partition coefficient (Wildman–Crippen LogP) is 2.65. The summed E-state index contributed by atoms with van der Waals surface area (Å²) in [6.07, 6.45) is 7.36. The maximum absolute atomic E-state index is 4.07. The summed E-state index contributed by atoms with van der Waals surface area (Å²) in [5, 5.41) is 0. The Hall–Kier alpha value is -1.83. The molecule has 0 radical (unpaired) electrons. The van der Waals surface area contributed by atoms with E-state index >= 15 is 0 Å². The molecular formula is C11H10N2. The van der Waals surface area contributed by atoms with E-state index < -0.39 is 0 Å². The first-order valence-corrected chi connectivity index (χ1v) is 4.11. The first-order valence-electron chi connectivity index (χ1n) is 4.11. The largest absolute Gasteiger partial charge is 0.324 e. The van der Waals surface area contributed by atoms with Crippen LogP contribution >= 0.6 is 0 Å². The second kappa shape index (κ2) is 3.27. The van der Waals surface area contributed by atoms with Gasteiger partial charge < -0.3 is 4.57 Å². The van der Waals surface area contributed by atoms with Gasteiger partial charge in [0.25, 0.3) is 0 Å². The Labute approximate surface area is 77.2 Å². The van der Waals surface area contributed by atoms with Gasteiger partial charge in [0.1, 0.15) is 0 Å². The number of pyridine rings is 1. The average Bonchev–Trinajstić information content (AvgIpc) is 2.67. The Kier molecular flexibility index (Phi) is 1.96. The molecule has 0 N–H and O–H groups in total. The number of rotatable bonds is 2. The molecule has 0 fully saturated rings. The van der Waals surface area contributed by atoms with Crippen LogP contribution in [0.25, 0.3) is 17.5 Å². The lowest BCUT2D eigenvalue weighted by Gasteiger charge is -2.02. The van der Waals surface area contributed by atoms with Crippen molar-refractivity contribution in [1.29, 1.82) is 0 Å². The molecule has 0 unspecified atom stereocenters. The van der Waals surface area contributed by atoms with E-state index in [1.54, 1.807) is 12.4 Å². The Morgan fingerprint density at radius 3 is 2.92 bits per heavy atom. The molecule has 2 heteroatoms. The zero-order chi connectivity index (χ0) is 9.10. The summed E-state index contributed by atoms with van der Waals surface area (Å²) < 4.78 is 1.97. The molecule has 2 aromatic rings. The van der Waals surface area contributed by atoms with Crippen LogP contribution in [0, 0.1) is 0 Å². The first kappa shape index (κ1) is 7.80. The molecule has 0 saturated carbocycles. The van der Waals surface area contributed by atoms with Gasteiger partial charge in [-0.25, -0.2) is 0 Å². The molecule has 0 spiro atoms. The van der Waals surface area contributed by atoms with E-state index in [1.165, 1.54) is 0 Å². The minimum Gasteiger partial charge on any atom is -0.324 e. The Balaban J connectivity index is 2.52. The van der Waals surface area contributed by atoms with Crippen molar-refractivity contribution in [2.75, 3.05) is 0 Å². The maximum atomic E-state index is 4.07. The third-order valence-corrected chi connectivity index (χ3v) is 1.93. The van der Waals surface area contributed by atoms with Crippen molar-refractivity contribution in [3.05, 3.63) is 49.4 Å². The van der Waals surface area contributed by atoms with Gasteiger partial charge in [-0.2, -0.15) is 0 Å². The molecule has 2 heterocycles. The molecule has 0 saturated heterocycles. The summed E-state index contributed by atoms with van der Waals surface area (Å²) in [7, 11) is 0. The van der Waals surface area contributed by atoms with Crippen LogP contribution in [0.15, 0.2) is 49.4 Å². The molecule has 0 amide bonds. The fourth-order valence-electron chi connectivity index (χ4n) is 1.31. The molecule has 2 aromatic heterocycles. The van der Waals surface area contributed by atoms with Gasteiger partial charge in [0, 0.05) is 30.4 Å². The van der Waals surface area contributed by atoms with Crippen LogP contribution in [-0.4, -0.2) is 9.55 Å². The maximum Gasteiger partial charge on any atom is 0.0537 e. The second-order valence-electron chi connectivity index (χ2n) is 2.72. The first-order chi connectivity index (χ1) is 6.42. The van der Waals surface area contributed by atoms with Gasteiger partial charge in [0.15, 0.2) is 0 Å². The van der Waals surface area contributed by atoms with Crippen LogP contribution in [0.1, 0.15) is 0 Å². The van der Waals surface area contributed by atoms with Crippen molar-refractivity contribution in [3.8, 4) is 11.3 Å². The lowest BCUT2D eigenvalue weighted by atomic mass is 10.2. The van der Waals surface area contributed by atoms with Gasteiger partial charge in [0.2, 0.25) is 0 Å². The van der Waals surface area contributed by atoms with E-state index in [0.717, 1.165) is 11.3 Å². The van der Waals surface area contributed by atoms with Crippen LogP contribution in [0.2, 0.25) is 0 Å². The van der Waals surface area contributed by atoms with E-state index in [1.807, 2.05) is 41.2 Å². The quantitative estimate of drug-likeness (QED) is 0.677. The molecule has 13 heavy (non-hydrogen) atoms. The van der Waals surface area contributed by atoms with E-state index in [4.69, 9.17) is 0 Å². The van der Waals surface area contributed by atoms with Crippen molar-refractivity contribution in [1.82, 2.24) is 9.55 Å². The smallest absolute Gasteiger partial charge is 0.0537 e. The molecular weight excluding hydrogens is 160 g/mol. The van der Waals surface area contributed by atoms with Crippen LogP contribution in [-0.2, 0) is 0 Å². The van der Waals surface area contributed by atoms with E-state index in [0.29, 0.717) is 0 Å². The SMILES string of the molecule is C=Cn1cccc1-c1cccnc1. The number of nitrogens with zero attached hydrogens (tertiary/aromatic N) is 2. The lowest BCUT2D eigenvalue weighted by molar-refractivity contribution is 1.17. The molecule has 0 aliphatic rings. The van der Waals surface area contributed by atoms with Crippen LogP contribution in [0.4, 0.5) is 0 Å². The molecule has 0 atom stereocenters. The number of hydrogen-bond donors (Lipinski definition) is 0. The molecule has 0 aromatic carbocycles. The highest BCUT2D eigenvalue weighted by molar-refractivity contribution is 5.61. The monoisotopic (exact) mass is 170 g/mol. The molecule has 0 aliphatic carbocycles. The minimum absolute atomic E-state index is 1.10. The summed E-state index contributed by atoms with van der Waals surface area (Å²) in [6, 6.07) is 7.99. The van der Waals surface area contributed by atoms with Gasteiger partial charge in [-0.3, -0.25) is 4.98 Å². The normalized spacial score (nSPS) is 9.85. The second-order valence-corrected chi connectivity index (χ2v) is 2.72. The Morgan fingerprint density at radius 1 is 1.31 bits per heavy atom. The van der Waals surface area contributed by atoms with Crippen LogP contribution in [0.3, 0.4) is 0 Å². The van der Waals surface area contributed by atoms with Crippen LogP contribution < -0.4 is 0 Å². The van der Waals surface area contributed by atoms with Gasteiger partial charge in [0.05, 0.1) is 5.69 Å². The third kappa shape index (κ3) is 1.38. The van der Waals surface area contributed by atoms with Crippen molar-refractivity contribution >= 4 is 6.20 Å². The summed E-state index contributed by atoms with van der Waals surface area (Å²) >= 11 is 0. The summed E-state index contributed by atoms with van der Waals surface area (Å²) in [5.41, 5.74) is 2.22. The Morgan fingerprint density at radius 2 is 2.23 bits per heavy atom. The molecule has 2 rings (SSSR count). The lowest BCUT2D eigenvalue weighted by Crippen LogP contribution is -1.87. The summed E-state index contributed by atoms with van der Waals surface area (Å²) in [6.45, 7) is 3.73. The van der Waals surface area contributed by atoms with Gasteiger partial charge in [-0.1, -0.05) is 6.58 Å². The summed E-state index contributed by atoms with van der Waals surface area (Å²) in [5.74, 6) is 0. The zero-order valence-electron chi connectivity index (χ0n) is 7.22. The van der Waals surface area contributed by atoms with Gasteiger partial charge in [-0.15, -0.1) is 0 Å². The average molecular weight is 170 g/mol. The number of hydrogen-bond acceptors (Lipinski definition) is 1. The molecule has 0 bridgehead atoms. The van der Waals surface area contributed by atoms with Crippen LogP contribution in [0.5, 0.6) is 0 Å². The highest BCUT2D eigenvalue weighted by Crippen LogP contribution is 2.18. The fourth-order valence-corrected chi connectivity index (χ4v) is 1.31. The van der Waals surface area contributed by atoms with E-state index in [2.05, 4.69) is 11.6 Å². The van der Waals surface area contributed by atoms with Crippen molar-refractivity contribution < 1.29 is 0 Å². The molecule has 64 valence electrons. The standard InChI is InChI=1S/C11H10N2/c1-2-13-8-4-6-11(13)10-5-3-7-12-9-10/h2-9H,1H2. The topological polar surface area (TPSA) is 17.8 Å². The van der Waals surface area contributed by atoms with E-state index in [-0.39, 0.29) is 0 Å². The van der Waals surface area contributed by atoms with Crippen molar-refractivity contribution in [2.45, 2.75) is 0 Å². The Bertz CT molecular complexity index is 401. The summed E-state index contributed by atoms with van der Waals surface area (Å²) in [4.78, 5) is 4.07. The highest BCUT2D eigenvalue weighted by Gasteiger charge is 1.99. The number of aromatic nitrogens is 2. The van der Waals surface area contributed by atoms with Gasteiger partial charge in [-0.05, 0) is 24.3 Å². The zero-order valence-corrected chi connectivity index (χ0v) is 7.22. The molecule has 0 aliphatic heterocycles. The third-order valence-electron chi connectivity index (χ3n) is 1.93. The predicted molar refractivity (Wildman–Crippen MR) is 54.1 cm³/mol. The van der Waals surface area contributed by atoms with Crippen molar-refractivity contribution in [3.63, 3.8) is 0 Å². The molecule has 2 nitrogen and oxygen atoms in total. The fraction of sp³-hybridized carbons (Fsp3) is 0.